The number of hydrogen-bond donors (Lipinski definition) is 3. The molecule has 0 spiro atoms. The summed E-state index contributed by atoms with van der Waals surface area (Å²) in [6.45, 7) is 4.82. The molecule has 4 N–H and O–H groups in total. The van der Waals surface area contributed by atoms with Crippen LogP contribution >= 0.6 is 0 Å². The van der Waals surface area contributed by atoms with Gasteiger partial charge in [-0.3, -0.25) is 9.59 Å². The normalized spacial score (nSPS) is 11.1. The van der Waals surface area contributed by atoms with Crippen molar-refractivity contribution in [2.24, 2.45) is 5.73 Å². The Hall–Kier alpha value is -2.18. The van der Waals surface area contributed by atoms with E-state index in [0.29, 0.717) is 6.54 Å². The molecule has 0 radical (unpaired) electrons. The quantitative estimate of drug-likeness (QED) is 0.764. The van der Waals surface area contributed by atoms with Crippen molar-refractivity contribution in [1.82, 2.24) is 5.32 Å². The molecular formula is C13H17F2N3O2. The van der Waals surface area contributed by atoms with Gasteiger partial charge in [-0.05, 0) is 32.9 Å². The number of hydrogen-bond acceptors (Lipinski definition) is 3. The molecule has 0 atom stereocenters. The van der Waals surface area contributed by atoms with Crippen LogP contribution in [-0.2, 0) is 4.79 Å². The topological polar surface area (TPSA) is 84.2 Å². The summed E-state index contributed by atoms with van der Waals surface area (Å²) in [4.78, 5) is 23.0. The molecule has 5 nitrogen and oxygen atoms in total. The van der Waals surface area contributed by atoms with E-state index in [1.807, 2.05) is 0 Å². The lowest BCUT2D eigenvalue weighted by atomic mass is 10.0. The van der Waals surface area contributed by atoms with Crippen molar-refractivity contribution >= 4 is 17.5 Å². The predicted octanol–water partition coefficient (Wildman–Crippen LogP) is 1.39. The summed E-state index contributed by atoms with van der Waals surface area (Å²) in [5, 5.41) is 4.83. The number of amides is 2. The van der Waals surface area contributed by atoms with Crippen molar-refractivity contribution in [3.8, 4) is 0 Å². The average Bonchev–Trinajstić information content (AvgIpc) is 2.32. The molecule has 1 aromatic rings. The van der Waals surface area contributed by atoms with Gasteiger partial charge in [0.2, 0.25) is 5.91 Å². The van der Waals surface area contributed by atoms with Gasteiger partial charge in [-0.25, -0.2) is 8.78 Å². The number of benzene rings is 1. The van der Waals surface area contributed by atoms with Gasteiger partial charge in [0.25, 0.3) is 5.91 Å². The van der Waals surface area contributed by atoms with Crippen LogP contribution in [0, 0.1) is 11.6 Å². The number of halogens is 2. The maximum atomic E-state index is 13.7. The van der Waals surface area contributed by atoms with E-state index in [1.54, 1.807) is 6.92 Å². The molecule has 110 valence electrons. The molecule has 0 unspecified atom stereocenters. The van der Waals surface area contributed by atoms with Crippen LogP contribution in [0.25, 0.3) is 0 Å². The zero-order valence-corrected chi connectivity index (χ0v) is 11.5. The van der Waals surface area contributed by atoms with Gasteiger partial charge in [0.15, 0.2) is 0 Å². The molecule has 0 aliphatic rings. The maximum Gasteiger partial charge on any atom is 0.252 e. The summed E-state index contributed by atoms with van der Waals surface area (Å²) in [5.41, 5.74) is 3.27. The molecule has 0 saturated carbocycles. The van der Waals surface area contributed by atoms with Gasteiger partial charge in [0, 0.05) is 12.1 Å². The third-order valence-corrected chi connectivity index (χ3v) is 2.70. The molecule has 20 heavy (non-hydrogen) atoms. The van der Waals surface area contributed by atoms with Crippen molar-refractivity contribution in [2.45, 2.75) is 26.3 Å². The molecule has 0 aliphatic carbocycles. The third kappa shape index (κ3) is 3.43. The van der Waals surface area contributed by atoms with E-state index in [2.05, 4.69) is 10.6 Å². The number of carbonyl (C=O) groups is 2. The Bertz CT molecular complexity index is 521. The number of carbonyl (C=O) groups excluding carboxylic acids is 2. The first-order valence-electron chi connectivity index (χ1n) is 6.04. The van der Waals surface area contributed by atoms with Gasteiger partial charge in [-0.1, -0.05) is 0 Å². The average molecular weight is 285 g/mol. The number of primary amides is 1. The van der Waals surface area contributed by atoms with Gasteiger partial charge in [0.1, 0.15) is 22.9 Å². The second-order valence-electron chi connectivity index (χ2n) is 4.79. The SMILES string of the molecule is CCNc1c(F)cc(C(=O)NC(C)(C)C(N)=O)cc1F. The fourth-order valence-electron chi connectivity index (χ4n) is 1.47. The van der Waals surface area contributed by atoms with Crippen molar-refractivity contribution < 1.29 is 18.4 Å². The number of anilines is 1. The van der Waals surface area contributed by atoms with E-state index in [4.69, 9.17) is 5.73 Å². The number of nitrogens with two attached hydrogens (primary N) is 1. The molecule has 0 fully saturated rings. The monoisotopic (exact) mass is 285 g/mol. The lowest BCUT2D eigenvalue weighted by Crippen LogP contribution is -2.53. The Morgan fingerprint density at radius 3 is 2.15 bits per heavy atom. The molecule has 0 aliphatic heterocycles. The molecule has 2 amide bonds. The first-order chi connectivity index (χ1) is 9.19. The first-order valence-corrected chi connectivity index (χ1v) is 6.04. The molecule has 1 rings (SSSR count). The minimum atomic E-state index is -1.32. The second-order valence-corrected chi connectivity index (χ2v) is 4.79. The van der Waals surface area contributed by atoms with E-state index in [1.165, 1.54) is 13.8 Å². The molecule has 0 aromatic heterocycles. The highest BCUT2D eigenvalue weighted by Crippen LogP contribution is 2.21. The number of nitrogens with one attached hydrogen (secondary N) is 2. The smallest absolute Gasteiger partial charge is 0.252 e. The Morgan fingerprint density at radius 1 is 1.25 bits per heavy atom. The molecule has 0 saturated heterocycles. The summed E-state index contributed by atoms with van der Waals surface area (Å²) in [6, 6.07) is 1.79. The zero-order chi connectivity index (χ0) is 15.5. The highest BCUT2D eigenvalue weighted by Gasteiger charge is 2.28. The van der Waals surface area contributed by atoms with Crippen molar-refractivity contribution in [2.75, 3.05) is 11.9 Å². The van der Waals surface area contributed by atoms with Crippen LogP contribution in [0.4, 0.5) is 14.5 Å². The van der Waals surface area contributed by atoms with Crippen LogP contribution in [0.15, 0.2) is 12.1 Å². The largest absolute Gasteiger partial charge is 0.381 e. The van der Waals surface area contributed by atoms with Gasteiger partial charge in [-0.15, -0.1) is 0 Å². The van der Waals surface area contributed by atoms with Crippen molar-refractivity contribution in [3.63, 3.8) is 0 Å². The summed E-state index contributed by atoms with van der Waals surface area (Å²) in [7, 11) is 0. The molecule has 0 heterocycles. The lowest BCUT2D eigenvalue weighted by molar-refractivity contribution is -0.122. The predicted molar refractivity (Wildman–Crippen MR) is 71.3 cm³/mol. The van der Waals surface area contributed by atoms with Crippen LogP contribution in [0.1, 0.15) is 31.1 Å². The first kappa shape index (κ1) is 15.9. The summed E-state index contributed by atoms with van der Waals surface area (Å²) < 4.78 is 27.4. The minimum Gasteiger partial charge on any atom is -0.381 e. The van der Waals surface area contributed by atoms with E-state index in [9.17, 15) is 18.4 Å². The van der Waals surface area contributed by atoms with Crippen molar-refractivity contribution in [1.29, 1.82) is 0 Å². The molecule has 7 heteroatoms. The Balaban J connectivity index is 3.04. The molecule has 1 aromatic carbocycles. The van der Waals surface area contributed by atoms with Gasteiger partial charge in [0.05, 0.1) is 0 Å². The Kier molecular flexibility index (Phi) is 4.65. The fourth-order valence-corrected chi connectivity index (χ4v) is 1.47. The van der Waals surface area contributed by atoms with Gasteiger partial charge in [-0.2, -0.15) is 0 Å². The van der Waals surface area contributed by atoms with Crippen LogP contribution < -0.4 is 16.4 Å². The van der Waals surface area contributed by atoms with Crippen LogP contribution in [0.3, 0.4) is 0 Å². The fraction of sp³-hybridized carbons (Fsp3) is 0.385. The zero-order valence-electron chi connectivity index (χ0n) is 11.5. The highest BCUT2D eigenvalue weighted by atomic mass is 19.1. The van der Waals surface area contributed by atoms with Gasteiger partial charge >= 0.3 is 0 Å². The van der Waals surface area contributed by atoms with Crippen LogP contribution in [0.2, 0.25) is 0 Å². The lowest BCUT2D eigenvalue weighted by Gasteiger charge is -2.22. The summed E-state index contributed by atoms with van der Waals surface area (Å²) in [5.74, 6) is -3.30. The standard InChI is InChI=1S/C13H17F2N3O2/c1-4-17-10-8(14)5-7(6-9(10)15)11(19)18-13(2,3)12(16)20/h5-6,17H,4H2,1-3H3,(H2,16,20)(H,18,19). The minimum absolute atomic E-state index is 0.226. The Morgan fingerprint density at radius 2 is 1.75 bits per heavy atom. The van der Waals surface area contributed by atoms with Gasteiger partial charge < -0.3 is 16.4 Å². The summed E-state index contributed by atoms with van der Waals surface area (Å²) >= 11 is 0. The van der Waals surface area contributed by atoms with Crippen LogP contribution in [0.5, 0.6) is 0 Å². The maximum absolute atomic E-state index is 13.7. The number of rotatable bonds is 5. The van der Waals surface area contributed by atoms with E-state index in [-0.39, 0.29) is 11.3 Å². The summed E-state index contributed by atoms with van der Waals surface area (Å²) in [6.07, 6.45) is 0. The molecule has 0 bridgehead atoms. The van der Waals surface area contributed by atoms with E-state index >= 15 is 0 Å². The van der Waals surface area contributed by atoms with E-state index in [0.717, 1.165) is 12.1 Å². The van der Waals surface area contributed by atoms with Crippen LogP contribution in [-0.4, -0.2) is 23.9 Å². The van der Waals surface area contributed by atoms with E-state index < -0.39 is 29.0 Å². The van der Waals surface area contributed by atoms with Crippen molar-refractivity contribution in [3.05, 3.63) is 29.3 Å². The highest BCUT2D eigenvalue weighted by molar-refractivity contribution is 5.98. The Labute approximate surface area is 115 Å². The second kappa shape index (κ2) is 5.85. The third-order valence-electron chi connectivity index (χ3n) is 2.70. The molecular weight excluding hydrogens is 268 g/mol.